The molecule has 3 nitrogen and oxygen atoms in total. The molecule has 0 fully saturated rings. The van der Waals surface area contributed by atoms with E-state index in [1.165, 1.54) is 0 Å². The smallest absolute Gasteiger partial charge is 0.165 e. The Kier molecular flexibility index (Phi) is 2.46. The summed E-state index contributed by atoms with van der Waals surface area (Å²) in [6.45, 7) is 2.94. The average molecular weight is 257 g/mol. The fourth-order valence-corrected chi connectivity index (χ4v) is 2.07. The first kappa shape index (κ1) is 9.52. The molecule has 1 aromatic rings. The molecule has 0 spiro atoms. The normalized spacial score (nSPS) is 13.9. The summed E-state index contributed by atoms with van der Waals surface area (Å²) in [6.07, 6.45) is 0.817. The quantitative estimate of drug-likeness (QED) is 0.724. The van der Waals surface area contributed by atoms with E-state index in [4.69, 9.17) is 9.47 Å². The van der Waals surface area contributed by atoms with E-state index in [0.717, 1.165) is 16.3 Å². The summed E-state index contributed by atoms with van der Waals surface area (Å²) < 4.78 is 11.6. The summed E-state index contributed by atoms with van der Waals surface area (Å²) in [6, 6.07) is 1.77. The second-order valence-electron chi connectivity index (χ2n) is 3.04. The van der Waals surface area contributed by atoms with Gasteiger partial charge in [0.1, 0.15) is 13.2 Å². The van der Waals surface area contributed by atoms with Crippen LogP contribution in [0.4, 0.5) is 0 Å². The Morgan fingerprint density at radius 2 is 2.14 bits per heavy atom. The van der Waals surface area contributed by atoms with Gasteiger partial charge in [-0.1, -0.05) is 0 Å². The van der Waals surface area contributed by atoms with E-state index in [1.54, 1.807) is 6.07 Å². The Morgan fingerprint density at radius 3 is 2.86 bits per heavy atom. The number of ether oxygens (including phenoxy) is 2. The Bertz CT molecular complexity index is 387. The molecule has 0 radical (unpaired) electrons. The van der Waals surface area contributed by atoms with Gasteiger partial charge in [0.25, 0.3) is 0 Å². The van der Waals surface area contributed by atoms with Gasteiger partial charge >= 0.3 is 0 Å². The predicted octanol–water partition coefficient (Wildman–Crippen LogP) is 2.34. The zero-order valence-electron chi connectivity index (χ0n) is 7.67. The van der Waals surface area contributed by atoms with Crippen molar-refractivity contribution in [3.05, 3.63) is 21.7 Å². The highest BCUT2D eigenvalue weighted by Gasteiger charge is 2.18. The van der Waals surface area contributed by atoms with E-state index in [2.05, 4.69) is 15.9 Å². The highest BCUT2D eigenvalue weighted by atomic mass is 79.9. The molecule has 0 saturated heterocycles. The van der Waals surface area contributed by atoms with Crippen molar-refractivity contribution in [3.63, 3.8) is 0 Å². The maximum absolute atomic E-state index is 10.8. The predicted molar refractivity (Wildman–Crippen MR) is 55.3 cm³/mol. The van der Waals surface area contributed by atoms with E-state index in [0.29, 0.717) is 30.3 Å². The first-order valence-corrected chi connectivity index (χ1v) is 5.07. The summed E-state index contributed by atoms with van der Waals surface area (Å²) in [5.41, 5.74) is 1.44. The van der Waals surface area contributed by atoms with Gasteiger partial charge in [-0.2, -0.15) is 0 Å². The molecular weight excluding hydrogens is 248 g/mol. The Morgan fingerprint density at radius 1 is 1.43 bits per heavy atom. The number of rotatable bonds is 1. The molecule has 0 amide bonds. The molecule has 0 N–H and O–H groups in total. The fraction of sp³-hybridized carbons (Fsp3) is 0.300. The highest BCUT2D eigenvalue weighted by molar-refractivity contribution is 9.10. The molecule has 0 aliphatic carbocycles. The van der Waals surface area contributed by atoms with Crippen molar-refractivity contribution in [1.29, 1.82) is 0 Å². The van der Waals surface area contributed by atoms with Gasteiger partial charge in [-0.05, 0) is 28.9 Å². The van der Waals surface area contributed by atoms with Crippen LogP contribution in [0.2, 0.25) is 0 Å². The molecule has 0 unspecified atom stereocenters. The van der Waals surface area contributed by atoms with E-state index < -0.39 is 0 Å². The molecule has 1 heterocycles. The Balaban J connectivity index is 2.63. The van der Waals surface area contributed by atoms with Crippen LogP contribution < -0.4 is 9.47 Å². The minimum Gasteiger partial charge on any atom is -0.486 e. The van der Waals surface area contributed by atoms with Crippen LogP contribution in [-0.2, 0) is 0 Å². The number of fused-ring (bicyclic) bond motifs is 1. The van der Waals surface area contributed by atoms with E-state index in [1.807, 2.05) is 6.92 Å². The third kappa shape index (κ3) is 1.39. The number of carbonyl (C=O) groups is 1. The third-order valence-electron chi connectivity index (χ3n) is 2.19. The van der Waals surface area contributed by atoms with Crippen LogP contribution >= 0.6 is 15.9 Å². The van der Waals surface area contributed by atoms with Crippen molar-refractivity contribution in [3.8, 4) is 11.5 Å². The van der Waals surface area contributed by atoms with Gasteiger partial charge < -0.3 is 9.47 Å². The summed E-state index contributed by atoms with van der Waals surface area (Å²) >= 11 is 3.32. The van der Waals surface area contributed by atoms with Gasteiger partial charge in [-0.15, -0.1) is 0 Å². The molecule has 0 saturated carbocycles. The summed E-state index contributed by atoms with van der Waals surface area (Å²) in [5, 5.41) is 0. The molecule has 74 valence electrons. The number of benzene rings is 1. The topological polar surface area (TPSA) is 35.5 Å². The SMILES string of the molecule is Cc1c(C=O)c(Br)cc2c1OCCO2. The number of hydrogen-bond acceptors (Lipinski definition) is 3. The van der Waals surface area contributed by atoms with Crippen LogP contribution in [0.5, 0.6) is 11.5 Å². The summed E-state index contributed by atoms with van der Waals surface area (Å²) in [5.74, 6) is 1.38. The van der Waals surface area contributed by atoms with Gasteiger partial charge in [0.2, 0.25) is 0 Å². The molecule has 14 heavy (non-hydrogen) atoms. The van der Waals surface area contributed by atoms with E-state index in [9.17, 15) is 4.79 Å². The van der Waals surface area contributed by atoms with Crippen LogP contribution in [0.1, 0.15) is 15.9 Å². The fourth-order valence-electron chi connectivity index (χ4n) is 1.47. The molecule has 1 aromatic carbocycles. The molecule has 0 atom stereocenters. The van der Waals surface area contributed by atoms with Crippen molar-refractivity contribution < 1.29 is 14.3 Å². The van der Waals surface area contributed by atoms with Gasteiger partial charge in [0.05, 0.1) is 0 Å². The summed E-state index contributed by atoms with van der Waals surface area (Å²) in [7, 11) is 0. The minimum absolute atomic E-state index is 0.535. The standard InChI is InChI=1S/C10H9BrO3/c1-6-7(5-12)8(11)4-9-10(6)14-3-2-13-9/h4-5H,2-3H2,1H3. The van der Waals surface area contributed by atoms with Crippen molar-refractivity contribution >= 4 is 22.2 Å². The van der Waals surface area contributed by atoms with Crippen LogP contribution in [0.3, 0.4) is 0 Å². The molecule has 4 heteroatoms. The number of hydrogen-bond donors (Lipinski definition) is 0. The molecule has 0 bridgehead atoms. The Hall–Kier alpha value is -1.03. The average Bonchev–Trinajstić information content (AvgIpc) is 2.18. The maximum Gasteiger partial charge on any atom is 0.165 e. The number of halogens is 1. The van der Waals surface area contributed by atoms with Gasteiger partial charge in [0, 0.05) is 15.6 Å². The zero-order chi connectivity index (χ0) is 10.1. The molecule has 0 aromatic heterocycles. The highest BCUT2D eigenvalue weighted by Crippen LogP contribution is 2.38. The van der Waals surface area contributed by atoms with Crippen molar-refractivity contribution in [2.75, 3.05) is 13.2 Å². The molecule has 2 rings (SSSR count). The van der Waals surface area contributed by atoms with E-state index >= 15 is 0 Å². The first-order valence-electron chi connectivity index (χ1n) is 4.28. The minimum atomic E-state index is 0.535. The second-order valence-corrected chi connectivity index (χ2v) is 3.89. The largest absolute Gasteiger partial charge is 0.486 e. The first-order chi connectivity index (χ1) is 6.74. The van der Waals surface area contributed by atoms with Crippen molar-refractivity contribution in [2.45, 2.75) is 6.92 Å². The third-order valence-corrected chi connectivity index (χ3v) is 2.84. The van der Waals surface area contributed by atoms with Crippen LogP contribution in [0.25, 0.3) is 0 Å². The maximum atomic E-state index is 10.8. The molecular formula is C10H9BrO3. The lowest BCUT2D eigenvalue weighted by atomic mass is 10.1. The second kappa shape index (κ2) is 3.61. The lowest BCUT2D eigenvalue weighted by Crippen LogP contribution is -2.16. The zero-order valence-corrected chi connectivity index (χ0v) is 9.26. The van der Waals surface area contributed by atoms with Crippen LogP contribution in [-0.4, -0.2) is 19.5 Å². The molecule has 1 aliphatic rings. The number of aldehydes is 1. The number of carbonyl (C=O) groups excluding carboxylic acids is 1. The van der Waals surface area contributed by atoms with Crippen molar-refractivity contribution in [1.82, 2.24) is 0 Å². The monoisotopic (exact) mass is 256 g/mol. The van der Waals surface area contributed by atoms with Crippen LogP contribution in [0, 0.1) is 6.92 Å². The van der Waals surface area contributed by atoms with Gasteiger partial charge in [-0.25, -0.2) is 0 Å². The lowest BCUT2D eigenvalue weighted by Gasteiger charge is -2.21. The lowest BCUT2D eigenvalue weighted by molar-refractivity contribution is 0.112. The Labute approximate surface area is 90.1 Å². The van der Waals surface area contributed by atoms with Gasteiger partial charge in [-0.3, -0.25) is 4.79 Å². The van der Waals surface area contributed by atoms with E-state index in [-0.39, 0.29) is 0 Å². The van der Waals surface area contributed by atoms with Gasteiger partial charge in [0.15, 0.2) is 17.8 Å². The van der Waals surface area contributed by atoms with Crippen molar-refractivity contribution in [2.24, 2.45) is 0 Å². The summed E-state index contributed by atoms with van der Waals surface area (Å²) in [4.78, 5) is 10.8. The van der Waals surface area contributed by atoms with Crippen LogP contribution in [0.15, 0.2) is 10.5 Å². The molecule has 1 aliphatic heterocycles.